The second-order valence-electron chi connectivity index (χ2n) is 4.59. The third-order valence-corrected chi connectivity index (χ3v) is 3.10. The van der Waals surface area contributed by atoms with E-state index in [0.717, 1.165) is 31.7 Å². The molecule has 0 atom stereocenters. The van der Waals surface area contributed by atoms with E-state index in [1.54, 1.807) is 22.2 Å². The van der Waals surface area contributed by atoms with Crippen molar-refractivity contribution in [2.75, 3.05) is 38.1 Å². The largest absolute Gasteiger partial charge is 0.342 e. The molecule has 0 unspecified atom stereocenters. The SMILES string of the molecule is CCNCc1cnc(N(C)CC(=O)N(CC)CC)nc1. The van der Waals surface area contributed by atoms with Gasteiger partial charge >= 0.3 is 0 Å². The van der Waals surface area contributed by atoms with Crippen LogP contribution in [0.1, 0.15) is 26.3 Å². The van der Waals surface area contributed by atoms with Crippen LogP contribution in [0, 0.1) is 0 Å². The number of carbonyl (C=O) groups excluding carboxylic acids is 1. The van der Waals surface area contributed by atoms with Crippen LogP contribution in [0.3, 0.4) is 0 Å². The van der Waals surface area contributed by atoms with Gasteiger partial charge in [0.25, 0.3) is 0 Å². The monoisotopic (exact) mass is 279 g/mol. The molecule has 6 heteroatoms. The van der Waals surface area contributed by atoms with Gasteiger partial charge in [0.1, 0.15) is 0 Å². The number of rotatable bonds is 8. The van der Waals surface area contributed by atoms with E-state index in [1.165, 1.54) is 0 Å². The first-order valence-corrected chi connectivity index (χ1v) is 7.12. The fourth-order valence-electron chi connectivity index (χ4n) is 1.86. The molecule has 1 N–H and O–H groups in total. The average Bonchev–Trinajstić information content (AvgIpc) is 2.46. The average molecular weight is 279 g/mol. The summed E-state index contributed by atoms with van der Waals surface area (Å²) in [6.07, 6.45) is 3.59. The van der Waals surface area contributed by atoms with E-state index in [2.05, 4.69) is 22.2 Å². The van der Waals surface area contributed by atoms with Gasteiger partial charge in [-0.25, -0.2) is 9.97 Å². The van der Waals surface area contributed by atoms with E-state index in [-0.39, 0.29) is 5.91 Å². The Morgan fingerprint density at radius 3 is 2.30 bits per heavy atom. The van der Waals surface area contributed by atoms with E-state index in [9.17, 15) is 4.79 Å². The van der Waals surface area contributed by atoms with Crippen molar-refractivity contribution in [2.24, 2.45) is 0 Å². The first-order valence-electron chi connectivity index (χ1n) is 7.12. The molecule has 20 heavy (non-hydrogen) atoms. The highest BCUT2D eigenvalue weighted by molar-refractivity contribution is 5.80. The number of likely N-dealkylation sites (N-methyl/N-ethyl adjacent to an activating group) is 2. The predicted octanol–water partition coefficient (Wildman–Crippen LogP) is 0.891. The summed E-state index contributed by atoms with van der Waals surface area (Å²) in [6.45, 7) is 9.45. The lowest BCUT2D eigenvalue weighted by Gasteiger charge is -2.23. The van der Waals surface area contributed by atoms with Crippen molar-refractivity contribution < 1.29 is 4.79 Å². The predicted molar refractivity (Wildman–Crippen MR) is 80.6 cm³/mol. The third kappa shape index (κ3) is 4.77. The summed E-state index contributed by atoms with van der Waals surface area (Å²) < 4.78 is 0. The quantitative estimate of drug-likeness (QED) is 0.766. The maximum Gasteiger partial charge on any atom is 0.242 e. The Bertz CT molecular complexity index is 403. The number of aromatic nitrogens is 2. The Morgan fingerprint density at radius 2 is 1.80 bits per heavy atom. The van der Waals surface area contributed by atoms with E-state index in [1.807, 2.05) is 20.9 Å². The fourth-order valence-corrected chi connectivity index (χ4v) is 1.86. The topological polar surface area (TPSA) is 61.4 Å². The smallest absolute Gasteiger partial charge is 0.242 e. The zero-order chi connectivity index (χ0) is 15.0. The Balaban J connectivity index is 2.58. The van der Waals surface area contributed by atoms with Crippen LogP contribution in [0.15, 0.2) is 12.4 Å². The molecule has 6 nitrogen and oxygen atoms in total. The fraction of sp³-hybridized carbons (Fsp3) is 0.643. The van der Waals surface area contributed by atoms with E-state index in [0.29, 0.717) is 12.5 Å². The minimum absolute atomic E-state index is 0.0952. The van der Waals surface area contributed by atoms with Crippen molar-refractivity contribution in [1.82, 2.24) is 20.2 Å². The molecule has 1 amide bonds. The van der Waals surface area contributed by atoms with Crippen LogP contribution < -0.4 is 10.2 Å². The normalized spacial score (nSPS) is 10.4. The molecule has 1 aromatic heterocycles. The molecule has 0 bridgehead atoms. The molecule has 0 aromatic carbocycles. The minimum atomic E-state index is 0.0952. The molecule has 0 saturated heterocycles. The third-order valence-electron chi connectivity index (χ3n) is 3.10. The molecular formula is C14H25N5O. The first-order chi connectivity index (χ1) is 9.62. The van der Waals surface area contributed by atoms with Crippen molar-refractivity contribution in [3.05, 3.63) is 18.0 Å². The Morgan fingerprint density at radius 1 is 1.20 bits per heavy atom. The van der Waals surface area contributed by atoms with Crippen LogP contribution >= 0.6 is 0 Å². The number of carbonyl (C=O) groups is 1. The first kappa shape index (κ1) is 16.4. The Kier molecular flexibility index (Phi) is 6.93. The number of nitrogens with zero attached hydrogens (tertiary/aromatic N) is 4. The van der Waals surface area contributed by atoms with Gasteiger partial charge in [0.05, 0.1) is 6.54 Å². The Labute approximate surface area is 121 Å². The number of anilines is 1. The second kappa shape index (κ2) is 8.47. The summed E-state index contributed by atoms with van der Waals surface area (Å²) in [6, 6.07) is 0. The van der Waals surface area contributed by atoms with Crippen LogP contribution in [-0.2, 0) is 11.3 Å². The summed E-state index contributed by atoms with van der Waals surface area (Å²) >= 11 is 0. The van der Waals surface area contributed by atoms with Crippen LogP contribution in [0.4, 0.5) is 5.95 Å². The van der Waals surface area contributed by atoms with Crippen molar-refractivity contribution in [3.8, 4) is 0 Å². The van der Waals surface area contributed by atoms with Crippen LogP contribution in [0.2, 0.25) is 0 Å². The lowest BCUT2D eigenvalue weighted by Crippen LogP contribution is -2.39. The molecule has 112 valence electrons. The maximum absolute atomic E-state index is 12.0. The zero-order valence-electron chi connectivity index (χ0n) is 12.9. The highest BCUT2D eigenvalue weighted by Gasteiger charge is 2.14. The summed E-state index contributed by atoms with van der Waals surface area (Å²) in [5, 5.41) is 3.22. The lowest BCUT2D eigenvalue weighted by molar-refractivity contribution is -0.129. The molecule has 1 rings (SSSR count). The molecular weight excluding hydrogens is 254 g/mol. The van der Waals surface area contributed by atoms with E-state index in [4.69, 9.17) is 0 Å². The van der Waals surface area contributed by atoms with E-state index >= 15 is 0 Å². The van der Waals surface area contributed by atoms with Gasteiger partial charge < -0.3 is 15.1 Å². The molecule has 0 spiro atoms. The van der Waals surface area contributed by atoms with Gasteiger partial charge in [-0.3, -0.25) is 4.79 Å². The van der Waals surface area contributed by atoms with Crippen LogP contribution in [0.25, 0.3) is 0 Å². The van der Waals surface area contributed by atoms with Gasteiger partial charge in [-0.05, 0) is 20.4 Å². The van der Waals surface area contributed by atoms with Gasteiger partial charge in [0.15, 0.2) is 0 Å². The van der Waals surface area contributed by atoms with Gasteiger partial charge in [0, 0.05) is 44.6 Å². The summed E-state index contributed by atoms with van der Waals surface area (Å²) in [7, 11) is 1.83. The molecule has 0 aliphatic carbocycles. The van der Waals surface area contributed by atoms with Crippen LogP contribution in [-0.4, -0.2) is 54.0 Å². The van der Waals surface area contributed by atoms with Gasteiger partial charge in [-0.15, -0.1) is 0 Å². The molecule has 0 saturated carbocycles. The van der Waals surface area contributed by atoms with Gasteiger partial charge in [-0.2, -0.15) is 0 Å². The van der Waals surface area contributed by atoms with Crippen molar-refractivity contribution >= 4 is 11.9 Å². The standard InChI is InChI=1S/C14H25N5O/c1-5-15-8-12-9-16-14(17-10-12)18(4)11-13(20)19(6-2)7-3/h9-10,15H,5-8,11H2,1-4H3. The van der Waals surface area contributed by atoms with Crippen molar-refractivity contribution in [2.45, 2.75) is 27.3 Å². The summed E-state index contributed by atoms with van der Waals surface area (Å²) in [5.41, 5.74) is 1.04. The molecule has 0 aliphatic heterocycles. The molecule has 1 heterocycles. The van der Waals surface area contributed by atoms with E-state index < -0.39 is 0 Å². The summed E-state index contributed by atoms with van der Waals surface area (Å²) in [5.74, 6) is 0.670. The summed E-state index contributed by atoms with van der Waals surface area (Å²) in [4.78, 5) is 24.2. The minimum Gasteiger partial charge on any atom is -0.342 e. The Hall–Kier alpha value is -1.69. The second-order valence-corrected chi connectivity index (χ2v) is 4.59. The van der Waals surface area contributed by atoms with Gasteiger partial charge in [0.2, 0.25) is 11.9 Å². The lowest BCUT2D eigenvalue weighted by atomic mass is 10.3. The van der Waals surface area contributed by atoms with Crippen molar-refractivity contribution in [3.63, 3.8) is 0 Å². The maximum atomic E-state index is 12.0. The number of hydrogen-bond acceptors (Lipinski definition) is 5. The van der Waals surface area contributed by atoms with Crippen LogP contribution in [0.5, 0.6) is 0 Å². The number of nitrogens with one attached hydrogen (secondary N) is 1. The number of amides is 1. The molecule has 1 aromatic rings. The highest BCUT2D eigenvalue weighted by Crippen LogP contribution is 2.05. The molecule has 0 aliphatic rings. The number of hydrogen-bond donors (Lipinski definition) is 1. The zero-order valence-corrected chi connectivity index (χ0v) is 12.9. The van der Waals surface area contributed by atoms with Gasteiger partial charge in [-0.1, -0.05) is 6.92 Å². The van der Waals surface area contributed by atoms with Crippen molar-refractivity contribution in [1.29, 1.82) is 0 Å². The highest BCUT2D eigenvalue weighted by atomic mass is 16.2. The molecule has 0 fully saturated rings. The molecule has 0 radical (unpaired) electrons.